The van der Waals surface area contributed by atoms with Gasteiger partial charge >= 0.3 is 0 Å². The van der Waals surface area contributed by atoms with E-state index in [2.05, 4.69) is 534 Å². The van der Waals surface area contributed by atoms with E-state index in [-0.39, 0.29) is 10.8 Å². The lowest BCUT2D eigenvalue weighted by atomic mass is 9.79. The molecule has 2 aliphatic carbocycles. The van der Waals surface area contributed by atoms with Crippen LogP contribution in [0.4, 0.5) is 34.1 Å². The summed E-state index contributed by atoms with van der Waals surface area (Å²) in [6, 6.07) is 176. The largest absolute Gasteiger partial charge is 0.309 e. The summed E-state index contributed by atoms with van der Waals surface area (Å²) in [5.41, 5.74) is 37.1. The summed E-state index contributed by atoms with van der Waals surface area (Å²) in [5, 5.41) is 24.8. The number of benzene rings is 24. The minimum atomic E-state index is -0.106. The molecule has 4 nitrogen and oxygen atoms in total. The standard InChI is InChI=1S/2C68H48N2/c1-43-33-39-56-59(41-43)64(44-34-40-49-48-21-13-16-30-60(48)68(2,3)61(49)42-44)52-24-7-8-25-53(52)65(56)66-54-26-9-11-28-57(54)67(58-29-12-10-27-55(58)66)69(45-19-5-4-6-20-45)46-35-37-47(38-36-46)70-62-31-17-14-22-50(62)51-23-15-18-32-63(51)70;1-43-33-39-56-59(41-43)66(53-25-8-7-24-52(53)64(56)44-34-40-49-48-21-13-16-30-60(48)68(2,3)61(49)42-44)65-54-26-9-11-28-57(54)67(58-29-12-10-27-55(58)65)69(45-19-5-4-6-20-45)46-35-37-47(38-36-46)70-62-31-17-14-22-50(62)51-23-15-18-32-63(51)70/h2*4-42H,1-3H3. The summed E-state index contributed by atoms with van der Waals surface area (Å²) in [7, 11) is 0. The number of anilines is 6. The van der Waals surface area contributed by atoms with Gasteiger partial charge in [-0.05, 0) is 277 Å². The first kappa shape index (κ1) is 82.1. The first-order chi connectivity index (χ1) is 68.9. The monoisotopic (exact) mass is 1780 g/mol. The molecule has 140 heavy (non-hydrogen) atoms. The van der Waals surface area contributed by atoms with Crippen LogP contribution in [0.3, 0.4) is 0 Å². The van der Waals surface area contributed by atoms with Crippen molar-refractivity contribution in [1.29, 1.82) is 0 Å². The van der Waals surface area contributed by atoms with Crippen molar-refractivity contribution in [1.82, 2.24) is 9.13 Å². The van der Waals surface area contributed by atoms with Crippen LogP contribution < -0.4 is 9.80 Å². The molecule has 0 fully saturated rings. The highest BCUT2D eigenvalue weighted by Gasteiger charge is 2.39. The zero-order chi connectivity index (χ0) is 93.3. The third-order valence-corrected chi connectivity index (χ3v) is 30.8. The van der Waals surface area contributed by atoms with E-state index in [0.29, 0.717) is 0 Å². The van der Waals surface area contributed by atoms with Gasteiger partial charge < -0.3 is 18.9 Å². The molecule has 0 unspecified atom stereocenters. The molecule has 0 radical (unpaired) electrons. The van der Waals surface area contributed by atoms with Crippen molar-refractivity contribution in [2.75, 3.05) is 9.80 Å². The van der Waals surface area contributed by atoms with Crippen molar-refractivity contribution in [2.24, 2.45) is 0 Å². The van der Waals surface area contributed by atoms with Gasteiger partial charge in [-0.1, -0.05) is 403 Å². The number of hydrogen-bond acceptors (Lipinski definition) is 2. The molecule has 26 aromatic rings. The fourth-order valence-corrected chi connectivity index (χ4v) is 24.6. The van der Waals surface area contributed by atoms with E-state index in [0.717, 1.165) is 45.5 Å². The Morgan fingerprint density at radius 3 is 0.750 bits per heavy atom. The Labute approximate surface area is 814 Å². The molecule has 0 amide bonds. The van der Waals surface area contributed by atoms with Gasteiger partial charge in [0, 0.05) is 88.0 Å². The number of rotatable bonds is 12. The molecule has 2 heterocycles. The van der Waals surface area contributed by atoms with E-state index < -0.39 is 0 Å². The van der Waals surface area contributed by atoms with Crippen LogP contribution in [-0.4, -0.2) is 9.13 Å². The second-order valence-corrected chi connectivity index (χ2v) is 39.3. The van der Waals surface area contributed by atoms with Gasteiger partial charge in [0.05, 0.1) is 33.4 Å². The summed E-state index contributed by atoms with van der Waals surface area (Å²) in [6.45, 7) is 14.0. The third kappa shape index (κ3) is 12.6. The molecule has 0 bridgehead atoms. The van der Waals surface area contributed by atoms with Gasteiger partial charge in [-0.15, -0.1) is 0 Å². The van der Waals surface area contributed by atoms with Gasteiger partial charge in [0.25, 0.3) is 0 Å². The maximum Gasteiger partial charge on any atom is 0.0618 e. The lowest BCUT2D eigenvalue weighted by Gasteiger charge is -2.30. The van der Waals surface area contributed by atoms with Crippen molar-refractivity contribution in [3.05, 3.63) is 507 Å². The highest BCUT2D eigenvalue weighted by molar-refractivity contribution is 6.33. The van der Waals surface area contributed by atoms with Gasteiger partial charge in [0.2, 0.25) is 0 Å². The number of nitrogens with zero attached hydrogens (tertiary/aromatic N) is 4. The number of fused-ring (bicyclic) bond motifs is 20. The van der Waals surface area contributed by atoms with Crippen LogP contribution in [0.2, 0.25) is 0 Å². The second kappa shape index (κ2) is 32.1. The summed E-state index contributed by atoms with van der Waals surface area (Å²) in [5.74, 6) is 0. The molecule has 24 aromatic carbocycles. The molecular formula is C136H96N4. The van der Waals surface area contributed by atoms with Crippen LogP contribution in [0.25, 0.3) is 208 Å². The fourth-order valence-electron chi connectivity index (χ4n) is 24.6. The third-order valence-electron chi connectivity index (χ3n) is 30.8. The van der Waals surface area contributed by atoms with E-state index in [1.165, 1.54) is 230 Å². The predicted molar refractivity (Wildman–Crippen MR) is 597 cm³/mol. The summed E-state index contributed by atoms with van der Waals surface area (Å²) in [4.78, 5) is 4.95. The Bertz CT molecular complexity index is 9430. The molecule has 660 valence electrons. The molecule has 0 saturated heterocycles. The molecule has 2 aliphatic rings. The van der Waals surface area contributed by atoms with Crippen molar-refractivity contribution in [3.8, 4) is 78.1 Å². The van der Waals surface area contributed by atoms with E-state index in [1.807, 2.05) is 0 Å². The average Bonchev–Trinajstić information content (AvgIpc) is 1.01. The van der Waals surface area contributed by atoms with Crippen LogP contribution in [0.15, 0.2) is 473 Å². The molecule has 0 spiro atoms. The average molecular weight is 1790 g/mol. The van der Waals surface area contributed by atoms with Gasteiger partial charge in [-0.2, -0.15) is 0 Å². The lowest BCUT2D eigenvalue weighted by Crippen LogP contribution is -2.14. The molecule has 28 rings (SSSR count). The highest BCUT2D eigenvalue weighted by atomic mass is 15.2. The second-order valence-electron chi connectivity index (χ2n) is 39.3. The van der Waals surface area contributed by atoms with Crippen LogP contribution in [0.5, 0.6) is 0 Å². The zero-order valence-electron chi connectivity index (χ0n) is 78.8. The van der Waals surface area contributed by atoms with Crippen LogP contribution in [0.1, 0.15) is 61.1 Å². The normalized spacial score (nSPS) is 12.9. The summed E-state index contributed by atoms with van der Waals surface area (Å²) in [6.07, 6.45) is 0. The Morgan fingerprint density at radius 2 is 0.407 bits per heavy atom. The smallest absolute Gasteiger partial charge is 0.0618 e. The van der Waals surface area contributed by atoms with Crippen LogP contribution >= 0.6 is 0 Å². The maximum atomic E-state index is 2.49. The van der Waals surface area contributed by atoms with E-state index in [4.69, 9.17) is 0 Å². The van der Waals surface area contributed by atoms with Crippen molar-refractivity contribution < 1.29 is 0 Å². The molecule has 2 aromatic heterocycles. The number of para-hydroxylation sites is 6. The highest BCUT2D eigenvalue weighted by Crippen LogP contribution is 2.59. The first-order valence-corrected chi connectivity index (χ1v) is 49.0. The van der Waals surface area contributed by atoms with Crippen LogP contribution in [-0.2, 0) is 10.8 Å². The molecule has 0 saturated carbocycles. The minimum Gasteiger partial charge on any atom is -0.309 e. The van der Waals surface area contributed by atoms with E-state index in [1.54, 1.807) is 0 Å². The predicted octanol–water partition coefficient (Wildman–Crippen LogP) is 37.6. The fraction of sp³-hybridized carbons (Fsp3) is 0.0588. The Morgan fingerprint density at radius 1 is 0.171 bits per heavy atom. The molecule has 0 atom stereocenters. The molecule has 0 N–H and O–H groups in total. The van der Waals surface area contributed by atoms with Gasteiger partial charge in [0.1, 0.15) is 0 Å². The zero-order valence-corrected chi connectivity index (χ0v) is 78.8. The van der Waals surface area contributed by atoms with Gasteiger partial charge in [-0.3, -0.25) is 0 Å². The Balaban J connectivity index is 0.000000141. The lowest BCUT2D eigenvalue weighted by molar-refractivity contribution is 0.660. The topological polar surface area (TPSA) is 16.3 Å². The SMILES string of the molecule is Cc1ccc2c(-c3c4ccccc4c(N(c4ccccc4)c4ccc(-n5c6ccccc6c6ccccc65)cc4)c4ccccc34)c3ccccc3c(-c3ccc4c(c3)C(C)(C)c3ccccc3-4)c2c1.Cc1ccc2c(-c3ccc4c(c3)C(C)(C)c3ccccc3-4)c3ccccc3c(-c3c4ccccc4c(N(c4ccccc4)c4ccc(-n5c6ccccc6c6ccccc65)cc4)c4ccccc34)c2c1. The molecule has 0 aliphatic heterocycles. The quantitative estimate of drug-likeness (QED) is 0.113. The van der Waals surface area contributed by atoms with Crippen molar-refractivity contribution >= 4 is 164 Å². The van der Waals surface area contributed by atoms with Crippen LogP contribution in [0, 0.1) is 13.8 Å². The summed E-state index contributed by atoms with van der Waals surface area (Å²) >= 11 is 0. The number of aryl methyl sites for hydroxylation is 2. The number of aromatic nitrogens is 2. The van der Waals surface area contributed by atoms with Gasteiger partial charge in [0.15, 0.2) is 0 Å². The summed E-state index contributed by atoms with van der Waals surface area (Å²) < 4.78 is 4.79. The van der Waals surface area contributed by atoms with E-state index in [9.17, 15) is 0 Å². The number of hydrogen-bond donors (Lipinski definition) is 0. The molecular weight excluding hydrogens is 1690 g/mol. The maximum absolute atomic E-state index is 2.49. The Hall–Kier alpha value is -17.4. The van der Waals surface area contributed by atoms with Crippen molar-refractivity contribution in [2.45, 2.75) is 52.4 Å². The van der Waals surface area contributed by atoms with Gasteiger partial charge in [-0.25, -0.2) is 0 Å². The van der Waals surface area contributed by atoms with E-state index >= 15 is 0 Å². The van der Waals surface area contributed by atoms with Crippen molar-refractivity contribution in [3.63, 3.8) is 0 Å². The Kier molecular flexibility index (Phi) is 18.8. The minimum absolute atomic E-state index is 0.105. The molecule has 4 heteroatoms. The first-order valence-electron chi connectivity index (χ1n) is 49.0.